The average Bonchev–Trinajstić information content (AvgIpc) is 2.41. The zero-order chi connectivity index (χ0) is 15.5. The number of sulfone groups is 1. The zero-order valence-corrected chi connectivity index (χ0v) is 14.4. The summed E-state index contributed by atoms with van der Waals surface area (Å²) in [6.45, 7) is 2.73. The smallest absolute Gasteiger partial charge is 0.154 e. The van der Waals surface area contributed by atoms with Crippen molar-refractivity contribution in [2.24, 2.45) is 0 Å². The normalized spacial score (nSPS) is 22.9. The van der Waals surface area contributed by atoms with Crippen molar-refractivity contribution in [3.05, 3.63) is 33.8 Å². The Morgan fingerprint density at radius 1 is 1.33 bits per heavy atom. The average molecular weight is 350 g/mol. The lowest BCUT2D eigenvalue weighted by Gasteiger charge is -2.31. The van der Waals surface area contributed by atoms with E-state index in [-0.39, 0.29) is 11.3 Å². The van der Waals surface area contributed by atoms with E-state index in [1.54, 1.807) is 12.1 Å². The molecule has 2 atom stereocenters. The van der Waals surface area contributed by atoms with Gasteiger partial charge >= 0.3 is 0 Å². The largest absolute Gasteiger partial charge is 0.313 e. The van der Waals surface area contributed by atoms with Crippen LogP contribution in [0.1, 0.15) is 31.7 Å². The molecule has 0 aliphatic carbocycles. The molecule has 6 heteroatoms. The molecule has 21 heavy (non-hydrogen) atoms. The van der Waals surface area contributed by atoms with Gasteiger partial charge in [0.15, 0.2) is 9.84 Å². The molecule has 0 bridgehead atoms. The zero-order valence-electron chi connectivity index (χ0n) is 12.1. The maximum Gasteiger partial charge on any atom is 0.154 e. The lowest BCUT2D eigenvalue weighted by atomic mass is 9.99. The summed E-state index contributed by atoms with van der Waals surface area (Å²) in [6.07, 6.45) is 3.08. The molecule has 0 radical (unpaired) electrons. The molecule has 0 aromatic heterocycles. The molecular weight excluding hydrogens is 329 g/mol. The van der Waals surface area contributed by atoms with Gasteiger partial charge in [0.05, 0.1) is 11.0 Å². The van der Waals surface area contributed by atoms with Crippen molar-refractivity contribution in [3.8, 4) is 0 Å². The van der Waals surface area contributed by atoms with Gasteiger partial charge in [0.25, 0.3) is 0 Å². The van der Waals surface area contributed by atoms with Crippen LogP contribution >= 0.6 is 23.2 Å². The fraction of sp³-hybridized carbons (Fsp3) is 0.600. The van der Waals surface area contributed by atoms with Gasteiger partial charge in [0.1, 0.15) is 0 Å². The molecule has 1 aliphatic heterocycles. The monoisotopic (exact) mass is 349 g/mol. The Bertz CT molecular complexity index is 589. The lowest BCUT2D eigenvalue weighted by molar-refractivity contribution is 0.441. The van der Waals surface area contributed by atoms with Crippen LogP contribution in [0.15, 0.2) is 18.2 Å². The van der Waals surface area contributed by atoms with Crippen molar-refractivity contribution in [1.29, 1.82) is 0 Å². The lowest BCUT2D eigenvalue weighted by Crippen LogP contribution is -2.47. The molecule has 1 N–H and O–H groups in total. The van der Waals surface area contributed by atoms with E-state index in [0.29, 0.717) is 22.2 Å². The molecule has 1 fully saturated rings. The summed E-state index contributed by atoms with van der Waals surface area (Å²) in [7, 11) is -3.02. The molecule has 2 rings (SSSR count). The second kappa shape index (κ2) is 7.32. The van der Waals surface area contributed by atoms with E-state index in [0.717, 1.165) is 31.4 Å². The maximum atomic E-state index is 12.3. The predicted octanol–water partition coefficient (Wildman–Crippen LogP) is 3.48. The first-order chi connectivity index (χ1) is 9.94. The van der Waals surface area contributed by atoms with Gasteiger partial charge in [-0.3, -0.25) is 0 Å². The number of hydrogen-bond acceptors (Lipinski definition) is 3. The molecule has 1 aliphatic rings. The molecule has 2 unspecified atom stereocenters. The van der Waals surface area contributed by atoms with Crippen LogP contribution in [-0.2, 0) is 16.3 Å². The third-order valence-corrected chi connectivity index (χ3v) is 6.93. The van der Waals surface area contributed by atoms with Crippen molar-refractivity contribution in [2.45, 2.75) is 43.9 Å². The van der Waals surface area contributed by atoms with Crippen LogP contribution in [0.4, 0.5) is 0 Å². The highest BCUT2D eigenvalue weighted by Gasteiger charge is 2.35. The Morgan fingerprint density at radius 3 is 2.71 bits per heavy atom. The van der Waals surface area contributed by atoms with Crippen molar-refractivity contribution < 1.29 is 8.42 Å². The van der Waals surface area contributed by atoms with Crippen LogP contribution in [0.2, 0.25) is 10.0 Å². The summed E-state index contributed by atoms with van der Waals surface area (Å²) < 4.78 is 24.7. The van der Waals surface area contributed by atoms with E-state index in [2.05, 4.69) is 5.32 Å². The van der Waals surface area contributed by atoms with Gasteiger partial charge in [0, 0.05) is 16.1 Å². The summed E-state index contributed by atoms with van der Waals surface area (Å²) in [5.41, 5.74) is 0.938. The summed E-state index contributed by atoms with van der Waals surface area (Å²) in [4.78, 5) is 0. The Kier molecular flexibility index (Phi) is 5.95. The Balaban J connectivity index is 2.22. The van der Waals surface area contributed by atoms with Gasteiger partial charge in [-0.25, -0.2) is 8.42 Å². The molecule has 1 heterocycles. The van der Waals surface area contributed by atoms with Crippen LogP contribution in [0.25, 0.3) is 0 Å². The van der Waals surface area contributed by atoms with E-state index in [9.17, 15) is 8.42 Å². The van der Waals surface area contributed by atoms with Crippen molar-refractivity contribution >= 4 is 33.0 Å². The van der Waals surface area contributed by atoms with E-state index < -0.39 is 9.84 Å². The van der Waals surface area contributed by atoms with Crippen LogP contribution in [0.5, 0.6) is 0 Å². The standard InChI is InChI=1S/C15H21Cl2NO2S/c1-2-18-14(15-5-3-4-8-21(15,19)20)9-11-6-7-12(16)10-13(11)17/h6-7,10,14-15,18H,2-5,8-9H2,1H3. The number of likely N-dealkylation sites (N-methyl/N-ethyl adjacent to an activating group) is 1. The predicted molar refractivity (Wildman–Crippen MR) is 89.1 cm³/mol. The summed E-state index contributed by atoms with van der Waals surface area (Å²) in [5, 5.41) is 4.19. The van der Waals surface area contributed by atoms with Crippen LogP contribution in [0.3, 0.4) is 0 Å². The quantitative estimate of drug-likeness (QED) is 0.884. The molecular formula is C15H21Cl2NO2S. The van der Waals surface area contributed by atoms with E-state index in [1.165, 1.54) is 0 Å². The van der Waals surface area contributed by atoms with E-state index in [4.69, 9.17) is 23.2 Å². The minimum absolute atomic E-state index is 0.0982. The Morgan fingerprint density at radius 2 is 2.10 bits per heavy atom. The molecule has 0 saturated carbocycles. The van der Waals surface area contributed by atoms with E-state index in [1.807, 2.05) is 13.0 Å². The summed E-state index contributed by atoms with van der Waals surface area (Å²) in [6, 6.07) is 5.28. The van der Waals surface area contributed by atoms with Crippen LogP contribution in [0, 0.1) is 0 Å². The summed E-state index contributed by atoms with van der Waals surface area (Å²) in [5.74, 6) is 0.300. The van der Waals surface area contributed by atoms with Gasteiger partial charge in [0.2, 0.25) is 0 Å². The highest BCUT2D eigenvalue weighted by atomic mass is 35.5. The second-order valence-electron chi connectivity index (χ2n) is 5.51. The van der Waals surface area contributed by atoms with Gasteiger partial charge < -0.3 is 5.32 Å². The Labute approximate surface area is 136 Å². The molecule has 1 aromatic rings. The van der Waals surface area contributed by atoms with Gasteiger partial charge in [-0.2, -0.15) is 0 Å². The van der Waals surface area contributed by atoms with Crippen LogP contribution in [-0.4, -0.2) is 32.0 Å². The number of halogens is 2. The minimum Gasteiger partial charge on any atom is -0.313 e. The first-order valence-corrected chi connectivity index (χ1v) is 9.80. The minimum atomic E-state index is -3.02. The first kappa shape index (κ1) is 17.1. The number of benzene rings is 1. The fourth-order valence-corrected chi connectivity index (χ4v) is 5.57. The number of hydrogen-bond donors (Lipinski definition) is 1. The molecule has 118 valence electrons. The topological polar surface area (TPSA) is 46.2 Å². The third kappa shape index (κ3) is 4.35. The van der Waals surface area contributed by atoms with Gasteiger partial charge in [-0.1, -0.05) is 42.6 Å². The van der Waals surface area contributed by atoms with Crippen LogP contribution < -0.4 is 5.32 Å². The first-order valence-electron chi connectivity index (χ1n) is 7.33. The molecule has 0 spiro atoms. The molecule has 1 saturated heterocycles. The summed E-state index contributed by atoms with van der Waals surface area (Å²) >= 11 is 12.1. The molecule has 0 amide bonds. The fourth-order valence-electron chi connectivity index (χ4n) is 2.95. The maximum absolute atomic E-state index is 12.3. The molecule has 3 nitrogen and oxygen atoms in total. The van der Waals surface area contributed by atoms with Crippen molar-refractivity contribution in [2.75, 3.05) is 12.3 Å². The SMILES string of the molecule is CCNC(Cc1ccc(Cl)cc1Cl)C1CCCCS1(=O)=O. The van der Waals surface area contributed by atoms with Gasteiger partial charge in [-0.05, 0) is 43.5 Å². The van der Waals surface area contributed by atoms with Crippen molar-refractivity contribution in [1.82, 2.24) is 5.32 Å². The molecule has 1 aromatic carbocycles. The number of nitrogens with one attached hydrogen (secondary N) is 1. The highest BCUT2D eigenvalue weighted by Crippen LogP contribution is 2.27. The highest BCUT2D eigenvalue weighted by molar-refractivity contribution is 7.92. The van der Waals surface area contributed by atoms with Gasteiger partial charge in [-0.15, -0.1) is 0 Å². The Hall–Kier alpha value is -0.290. The van der Waals surface area contributed by atoms with E-state index >= 15 is 0 Å². The second-order valence-corrected chi connectivity index (χ2v) is 8.69. The number of rotatable bonds is 5. The third-order valence-electron chi connectivity index (χ3n) is 4.00. The van der Waals surface area contributed by atoms with Crippen molar-refractivity contribution in [3.63, 3.8) is 0 Å².